The highest BCUT2D eigenvalue weighted by molar-refractivity contribution is 5.85. The highest BCUT2D eigenvalue weighted by Crippen LogP contribution is 2.25. The van der Waals surface area contributed by atoms with Gasteiger partial charge in [-0.25, -0.2) is 0 Å². The number of methoxy groups -OCH3 is 1. The smallest absolute Gasteiger partial charge is 0.129 e. The molecular weight excluding hydrogens is 236 g/mol. The predicted octanol–water partition coefficient (Wildman–Crippen LogP) is 3.76. The van der Waals surface area contributed by atoms with Crippen molar-refractivity contribution >= 4 is 11.9 Å². The van der Waals surface area contributed by atoms with Crippen LogP contribution in [0.5, 0.6) is 5.75 Å². The van der Waals surface area contributed by atoms with Gasteiger partial charge in [0.15, 0.2) is 0 Å². The van der Waals surface area contributed by atoms with Crippen LogP contribution in [0.4, 0.5) is 5.69 Å². The van der Waals surface area contributed by atoms with E-state index >= 15 is 0 Å². The van der Waals surface area contributed by atoms with E-state index in [1.807, 2.05) is 6.21 Å². The van der Waals surface area contributed by atoms with E-state index in [1.165, 1.54) is 5.69 Å². The quantitative estimate of drug-likeness (QED) is 0.755. The SMILES string of the molecule is CCN(CC)c1ccc(C=NC(C)(C)C)c(OC)c1. The summed E-state index contributed by atoms with van der Waals surface area (Å²) in [5.74, 6) is 0.873. The lowest BCUT2D eigenvalue weighted by molar-refractivity contribution is 0.414. The number of anilines is 1. The maximum absolute atomic E-state index is 5.47. The van der Waals surface area contributed by atoms with Gasteiger partial charge in [0, 0.05) is 36.6 Å². The van der Waals surface area contributed by atoms with Gasteiger partial charge in [0.25, 0.3) is 0 Å². The summed E-state index contributed by atoms with van der Waals surface area (Å²) in [6.45, 7) is 12.6. The Morgan fingerprint density at radius 3 is 2.32 bits per heavy atom. The molecule has 3 heteroatoms. The van der Waals surface area contributed by atoms with Crippen LogP contribution in [0.3, 0.4) is 0 Å². The summed E-state index contributed by atoms with van der Waals surface area (Å²) < 4.78 is 5.47. The number of rotatable bonds is 5. The fourth-order valence-electron chi connectivity index (χ4n) is 1.86. The highest BCUT2D eigenvalue weighted by Gasteiger charge is 2.09. The molecule has 0 aliphatic heterocycles. The minimum Gasteiger partial charge on any atom is -0.496 e. The molecule has 0 aliphatic carbocycles. The lowest BCUT2D eigenvalue weighted by Crippen LogP contribution is -2.21. The van der Waals surface area contributed by atoms with E-state index in [4.69, 9.17) is 4.74 Å². The van der Waals surface area contributed by atoms with Crippen LogP contribution in [0.15, 0.2) is 23.2 Å². The Morgan fingerprint density at radius 1 is 1.21 bits per heavy atom. The second-order valence-corrected chi connectivity index (χ2v) is 5.53. The van der Waals surface area contributed by atoms with Gasteiger partial charge in [-0.05, 0) is 46.8 Å². The molecule has 106 valence electrons. The molecule has 1 aromatic rings. The maximum Gasteiger partial charge on any atom is 0.129 e. The van der Waals surface area contributed by atoms with Gasteiger partial charge in [-0.3, -0.25) is 4.99 Å². The molecule has 0 heterocycles. The zero-order valence-corrected chi connectivity index (χ0v) is 13.0. The zero-order valence-electron chi connectivity index (χ0n) is 13.0. The molecular formula is C16H26N2O. The van der Waals surface area contributed by atoms with E-state index < -0.39 is 0 Å². The van der Waals surface area contributed by atoms with Crippen LogP contribution in [-0.4, -0.2) is 32.0 Å². The Labute approximate surface area is 117 Å². The van der Waals surface area contributed by atoms with E-state index in [0.29, 0.717) is 0 Å². The van der Waals surface area contributed by atoms with Crippen LogP contribution in [0, 0.1) is 0 Å². The van der Waals surface area contributed by atoms with Crippen molar-refractivity contribution in [3.8, 4) is 5.75 Å². The average molecular weight is 262 g/mol. The van der Waals surface area contributed by atoms with Crippen molar-refractivity contribution in [2.45, 2.75) is 40.2 Å². The summed E-state index contributed by atoms with van der Waals surface area (Å²) in [4.78, 5) is 6.83. The molecule has 0 fully saturated rings. The first kappa shape index (κ1) is 15.5. The Morgan fingerprint density at radius 2 is 1.84 bits per heavy atom. The standard InChI is InChI=1S/C16H26N2O/c1-7-18(8-2)14-10-9-13(15(11-14)19-6)12-17-16(3,4)5/h9-12H,7-8H2,1-6H3. The van der Waals surface area contributed by atoms with Crippen molar-refractivity contribution in [1.29, 1.82) is 0 Å². The van der Waals surface area contributed by atoms with Crippen LogP contribution in [0.25, 0.3) is 0 Å². The number of nitrogens with zero attached hydrogens (tertiary/aromatic N) is 2. The van der Waals surface area contributed by atoms with Crippen molar-refractivity contribution in [3.63, 3.8) is 0 Å². The van der Waals surface area contributed by atoms with Gasteiger partial charge in [-0.1, -0.05) is 0 Å². The van der Waals surface area contributed by atoms with Gasteiger partial charge >= 0.3 is 0 Å². The molecule has 0 saturated heterocycles. The first-order valence-corrected chi connectivity index (χ1v) is 6.89. The number of ether oxygens (including phenoxy) is 1. The molecule has 1 aromatic carbocycles. The molecule has 0 spiro atoms. The van der Waals surface area contributed by atoms with E-state index in [1.54, 1.807) is 7.11 Å². The molecule has 0 aliphatic rings. The van der Waals surface area contributed by atoms with Crippen molar-refractivity contribution in [2.24, 2.45) is 4.99 Å². The Bertz CT molecular complexity index is 429. The molecule has 0 saturated carbocycles. The summed E-state index contributed by atoms with van der Waals surface area (Å²) in [7, 11) is 1.70. The van der Waals surface area contributed by atoms with E-state index in [9.17, 15) is 0 Å². The maximum atomic E-state index is 5.47. The van der Waals surface area contributed by atoms with Crippen molar-refractivity contribution in [1.82, 2.24) is 0 Å². The fourth-order valence-corrected chi connectivity index (χ4v) is 1.86. The van der Waals surface area contributed by atoms with Gasteiger partial charge in [0.2, 0.25) is 0 Å². The Kier molecular flexibility index (Phi) is 5.40. The molecule has 0 unspecified atom stereocenters. The third-order valence-corrected chi connectivity index (χ3v) is 2.94. The van der Waals surface area contributed by atoms with E-state index in [0.717, 1.165) is 24.4 Å². The lowest BCUT2D eigenvalue weighted by Gasteiger charge is -2.22. The second kappa shape index (κ2) is 6.60. The normalized spacial score (nSPS) is 11.9. The minimum atomic E-state index is -0.0669. The van der Waals surface area contributed by atoms with Gasteiger partial charge in [-0.2, -0.15) is 0 Å². The Balaban J connectivity index is 3.06. The summed E-state index contributed by atoms with van der Waals surface area (Å²) in [6.07, 6.45) is 1.89. The number of hydrogen-bond donors (Lipinski definition) is 0. The molecule has 0 N–H and O–H groups in total. The van der Waals surface area contributed by atoms with Gasteiger partial charge in [-0.15, -0.1) is 0 Å². The fraction of sp³-hybridized carbons (Fsp3) is 0.562. The summed E-state index contributed by atoms with van der Waals surface area (Å²) in [5.41, 5.74) is 2.14. The molecule has 19 heavy (non-hydrogen) atoms. The summed E-state index contributed by atoms with van der Waals surface area (Å²) >= 11 is 0. The average Bonchev–Trinajstić information content (AvgIpc) is 2.37. The van der Waals surface area contributed by atoms with Gasteiger partial charge < -0.3 is 9.64 Å². The minimum absolute atomic E-state index is 0.0669. The van der Waals surface area contributed by atoms with Crippen LogP contribution < -0.4 is 9.64 Å². The molecule has 1 rings (SSSR count). The number of benzene rings is 1. The molecule has 0 atom stereocenters. The van der Waals surface area contributed by atoms with Gasteiger partial charge in [0.1, 0.15) is 5.75 Å². The molecule has 0 bridgehead atoms. The topological polar surface area (TPSA) is 24.8 Å². The van der Waals surface area contributed by atoms with Crippen LogP contribution in [-0.2, 0) is 0 Å². The molecule has 3 nitrogen and oxygen atoms in total. The van der Waals surface area contributed by atoms with E-state index in [2.05, 4.69) is 62.7 Å². The molecule has 0 aromatic heterocycles. The number of aliphatic imine (C=N–C) groups is 1. The number of hydrogen-bond acceptors (Lipinski definition) is 3. The van der Waals surface area contributed by atoms with Crippen LogP contribution >= 0.6 is 0 Å². The third kappa shape index (κ3) is 4.58. The van der Waals surface area contributed by atoms with Crippen LogP contribution in [0.2, 0.25) is 0 Å². The first-order chi connectivity index (χ1) is 8.91. The van der Waals surface area contributed by atoms with E-state index in [-0.39, 0.29) is 5.54 Å². The molecule has 0 amide bonds. The van der Waals surface area contributed by atoms with Crippen LogP contribution in [0.1, 0.15) is 40.2 Å². The summed E-state index contributed by atoms with van der Waals surface area (Å²) in [6, 6.07) is 6.28. The monoisotopic (exact) mass is 262 g/mol. The predicted molar refractivity (Wildman–Crippen MR) is 83.9 cm³/mol. The second-order valence-electron chi connectivity index (χ2n) is 5.53. The first-order valence-electron chi connectivity index (χ1n) is 6.89. The Hall–Kier alpha value is -1.51. The van der Waals surface area contributed by atoms with Crippen molar-refractivity contribution in [2.75, 3.05) is 25.1 Å². The third-order valence-electron chi connectivity index (χ3n) is 2.94. The highest BCUT2D eigenvalue weighted by atomic mass is 16.5. The van der Waals surface area contributed by atoms with Crippen molar-refractivity contribution < 1.29 is 4.74 Å². The van der Waals surface area contributed by atoms with Crippen molar-refractivity contribution in [3.05, 3.63) is 23.8 Å². The summed E-state index contributed by atoms with van der Waals surface area (Å²) in [5, 5.41) is 0. The zero-order chi connectivity index (χ0) is 14.5. The molecule has 0 radical (unpaired) electrons. The largest absolute Gasteiger partial charge is 0.496 e. The lowest BCUT2D eigenvalue weighted by atomic mass is 10.1. The van der Waals surface area contributed by atoms with Gasteiger partial charge in [0.05, 0.1) is 12.6 Å².